The van der Waals surface area contributed by atoms with Crippen molar-refractivity contribution >= 4 is 15.9 Å². The predicted octanol–water partition coefficient (Wildman–Crippen LogP) is 3.56. The molecule has 0 aliphatic rings. The van der Waals surface area contributed by atoms with Gasteiger partial charge in [0.2, 0.25) is 15.9 Å². The Bertz CT molecular complexity index is 839. The second kappa shape index (κ2) is 10.8. The summed E-state index contributed by atoms with van der Waals surface area (Å²) in [4.78, 5) is 11.5. The molecule has 28 heavy (non-hydrogen) atoms. The average molecular weight is 407 g/mol. The molecule has 0 radical (unpaired) electrons. The number of hydrogen-bond donors (Lipinski definition) is 2. The molecule has 0 aliphatic carbocycles. The number of carbonyl (C=O) groups excluding carboxylic acids is 1. The third-order valence-electron chi connectivity index (χ3n) is 4.16. The summed E-state index contributed by atoms with van der Waals surface area (Å²) in [5.41, 5.74) is 1.53. The van der Waals surface area contributed by atoms with Crippen LogP contribution in [-0.4, -0.2) is 36.9 Å². The zero-order chi connectivity index (χ0) is 20.4. The summed E-state index contributed by atoms with van der Waals surface area (Å²) in [6.07, 6.45) is 2.43. The van der Waals surface area contributed by atoms with Crippen molar-refractivity contribution in [3.05, 3.63) is 54.6 Å². The largest absolute Gasteiger partial charge is 0.457 e. The summed E-state index contributed by atoms with van der Waals surface area (Å²) < 4.78 is 32.9. The highest BCUT2D eigenvalue weighted by atomic mass is 32.2. The molecule has 0 saturated heterocycles. The molecule has 152 valence electrons. The standard InChI is InChI=1S/C20H26N2O5S/c1-2-3-7-15-22(16-14-20(23)21-24)28(25,26)19-12-10-18(11-13-19)27-17-8-5-4-6-9-17/h4-6,8-13,24H,2-3,7,14-16H2,1H3,(H,21,23). The van der Waals surface area contributed by atoms with Crippen LogP contribution in [-0.2, 0) is 14.8 Å². The van der Waals surface area contributed by atoms with Gasteiger partial charge in [-0.3, -0.25) is 10.0 Å². The zero-order valence-corrected chi connectivity index (χ0v) is 16.7. The molecule has 0 heterocycles. The first-order chi connectivity index (χ1) is 13.5. The summed E-state index contributed by atoms with van der Waals surface area (Å²) in [7, 11) is -3.76. The van der Waals surface area contributed by atoms with Crippen LogP contribution in [0.3, 0.4) is 0 Å². The van der Waals surface area contributed by atoms with Crippen LogP contribution >= 0.6 is 0 Å². The highest BCUT2D eigenvalue weighted by molar-refractivity contribution is 7.89. The quantitative estimate of drug-likeness (QED) is 0.338. The normalized spacial score (nSPS) is 11.4. The molecule has 0 aliphatic heterocycles. The fraction of sp³-hybridized carbons (Fsp3) is 0.350. The summed E-state index contributed by atoms with van der Waals surface area (Å²) in [6.45, 7) is 2.35. The molecular formula is C20H26N2O5S. The summed E-state index contributed by atoms with van der Waals surface area (Å²) in [5.74, 6) is 0.568. The number of hydrogen-bond acceptors (Lipinski definition) is 5. The van der Waals surface area contributed by atoms with Gasteiger partial charge in [0.1, 0.15) is 11.5 Å². The van der Waals surface area contributed by atoms with Crippen molar-refractivity contribution in [2.24, 2.45) is 0 Å². The molecule has 0 fully saturated rings. The van der Waals surface area contributed by atoms with Gasteiger partial charge in [-0.15, -0.1) is 0 Å². The summed E-state index contributed by atoms with van der Waals surface area (Å²) in [5, 5.41) is 8.65. The van der Waals surface area contributed by atoms with Crippen molar-refractivity contribution in [2.45, 2.75) is 37.5 Å². The smallest absolute Gasteiger partial charge is 0.244 e. The lowest BCUT2D eigenvalue weighted by Crippen LogP contribution is -2.35. The Morgan fingerprint density at radius 1 is 1.00 bits per heavy atom. The lowest BCUT2D eigenvalue weighted by Gasteiger charge is -2.22. The van der Waals surface area contributed by atoms with Crippen molar-refractivity contribution in [2.75, 3.05) is 13.1 Å². The van der Waals surface area contributed by atoms with Gasteiger partial charge in [0.25, 0.3) is 0 Å². The van der Waals surface area contributed by atoms with Gasteiger partial charge in [-0.25, -0.2) is 13.9 Å². The SMILES string of the molecule is CCCCCN(CCC(=O)NO)S(=O)(=O)c1ccc(Oc2ccccc2)cc1. The number of unbranched alkanes of at least 4 members (excludes halogenated alkanes) is 2. The van der Waals surface area contributed by atoms with Gasteiger partial charge >= 0.3 is 0 Å². The Morgan fingerprint density at radius 3 is 2.25 bits per heavy atom. The third kappa shape index (κ3) is 6.33. The van der Waals surface area contributed by atoms with Gasteiger partial charge < -0.3 is 4.74 Å². The summed E-state index contributed by atoms with van der Waals surface area (Å²) >= 11 is 0. The van der Waals surface area contributed by atoms with E-state index in [2.05, 4.69) is 0 Å². The van der Waals surface area contributed by atoms with Gasteiger partial charge in [-0.05, 0) is 42.8 Å². The fourth-order valence-electron chi connectivity index (χ4n) is 2.63. The number of sulfonamides is 1. The second-order valence-corrected chi connectivity index (χ2v) is 8.22. The second-order valence-electron chi connectivity index (χ2n) is 6.28. The van der Waals surface area contributed by atoms with Gasteiger partial charge in [-0.2, -0.15) is 4.31 Å². The maximum atomic E-state index is 13.0. The van der Waals surface area contributed by atoms with E-state index in [-0.39, 0.29) is 17.9 Å². The molecule has 0 atom stereocenters. The molecule has 8 heteroatoms. The predicted molar refractivity (Wildman–Crippen MR) is 106 cm³/mol. The maximum Gasteiger partial charge on any atom is 0.244 e. The first-order valence-electron chi connectivity index (χ1n) is 9.23. The minimum atomic E-state index is -3.76. The number of hydroxylamine groups is 1. The highest BCUT2D eigenvalue weighted by Gasteiger charge is 2.24. The number of amides is 1. The number of carbonyl (C=O) groups is 1. The van der Waals surface area contributed by atoms with E-state index in [0.717, 1.165) is 12.8 Å². The lowest BCUT2D eigenvalue weighted by molar-refractivity contribution is -0.129. The van der Waals surface area contributed by atoms with Crippen LogP contribution < -0.4 is 10.2 Å². The van der Waals surface area contributed by atoms with Gasteiger partial charge in [0.15, 0.2) is 0 Å². The average Bonchev–Trinajstić information content (AvgIpc) is 2.71. The van der Waals surface area contributed by atoms with Crippen LogP contribution in [0.25, 0.3) is 0 Å². The van der Waals surface area contributed by atoms with E-state index < -0.39 is 15.9 Å². The molecule has 1 amide bonds. The molecule has 2 aromatic carbocycles. The zero-order valence-electron chi connectivity index (χ0n) is 15.9. The third-order valence-corrected chi connectivity index (χ3v) is 6.08. The number of ether oxygens (including phenoxy) is 1. The van der Waals surface area contributed by atoms with Gasteiger partial charge in [0, 0.05) is 19.5 Å². The van der Waals surface area contributed by atoms with Crippen LogP contribution in [0.4, 0.5) is 0 Å². The van der Waals surface area contributed by atoms with Crippen LogP contribution in [0.1, 0.15) is 32.6 Å². The molecular weight excluding hydrogens is 380 g/mol. The van der Waals surface area contributed by atoms with Gasteiger partial charge in [-0.1, -0.05) is 38.0 Å². The Kier molecular flexibility index (Phi) is 8.43. The van der Waals surface area contributed by atoms with Gasteiger partial charge in [0.05, 0.1) is 4.90 Å². The van der Waals surface area contributed by atoms with E-state index in [1.165, 1.54) is 21.9 Å². The highest BCUT2D eigenvalue weighted by Crippen LogP contribution is 2.24. The molecule has 0 saturated carbocycles. The van der Waals surface area contributed by atoms with E-state index in [0.29, 0.717) is 24.5 Å². The van der Waals surface area contributed by atoms with E-state index in [1.54, 1.807) is 12.1 Å². The number of nitrogens with zero attached hydrogens (tertiary/aromatic N) is 1. The summed E-state index contributed by atoms with van der Waals surface area (Å²) in [6, 6.07) is 15.4. The first-order valence-corrected chi connectivity index (χ1v) is 10.7. The Hall–Kier alpha value is -2.42. The van der Waals surface area contributed by atoms with Crippen LogP contribution in [0.15, 0.2) is 59.5 Å². The Labute approximate surface area is 166 Å². The number of nitrogens with one attached hydrogen (secondary N) is 1. The fourth-order valence-corrected chi connectivity index (χ4v) is 4.11. The molecule has 0 aromatic heterocycles. The first kappa shape index (κ1) is 21.9. The van der Waals surface area contributed by atoms with E-state index in [9.17, 15) is 13.2 Å². The minimum absolute atomic E-state index is 0.000702. The van der Waals surface area contributed by atoms with E-state index in [1.807, 2.05) is 37.3 Å². The number of benzene rings is 2. The molecule has 2 N–H and O–H groups in total. The van der Waals surface area contributed by atoms with Crippen LogP contribution in [0.2, 0.25) is 0 Å². The number of para-hydroxylation sites is 1. The molecule has 7 nitrogen and oxygen atoms in total. The topological polar surface area (TPSA) is 95.9 Å². The maximum absolute atomic E-state index is 13.0. The molecule has 0 unspecified atom stereocenters. The van der Waals surface area contributed by atoms with Crippen molar-refractivity contribution in [1.82, 2.24) is 9.79 Å². The minimum Gasteiger partial charge on any atom is -0.457 e. The monoisotopic (exact) mass is 406 g/mol. The van der Waals surface area contributed by atoms with Crippen molar-refractivity contribution in [3.8, 4) is 11.5 Å². The molecule has 2 rings (SSSR count). The molecule has 0 bridgehead atoms. The van der Waals surface area contributed by atoms with Crippen molar-refractivity contribution in [3.63, 3.8) is 0 Å². The van der Waals surface area contributed by atoms with Crippen molar-refractivity contribution in [1.29, 1.82) is 0 Å². The van der Waals surface area contributed by atoms with E-state index >= 15 is 0 Å². The Balaban J connectivity index is 2.13. The van der Waals surface area contributed by atoms with E-state index in [4.69, 9.17) is 9.94 Å². The Morgan fingerprint density at radius 2 is 1.64 bits per heavy atom. The van der Waals surface area contributed by atoms with Crippen molar-refractivity contribution < 1.29 is 23.2 Å². The lowest BCUT2D eigenvalue weighted by atomic mass is 10.2. The number of rotatable bonds is 11. The molecule has 2 aromatic rings. The van der Waals surface area contributed by atoms with Crippen LogP contribution in [0, 0.1) is 0 Å². The molecule has 0 spiro atoms. The van der Waals surface area contributed by atoms with Crippen LogP contribution in [0.5, 0.6) is 11.5 Å².